The zero-order chi connectivity index (χ0) is 17.4. The average molecular weight is 328 g/mol. The van der Waals surface area contributed by atoms with Gasteiger partial charge in [0.15, 0.2) is 0 Å². The molecular formula is C18H20N2O4. The van der Waals surface area contributed by atoms with Gasteiger partial charge in [0.05, 0.1) is 13.7 Å². The maximum atomic E-state index is 12.1. The van der Waals surface area contributed by atoms with E-state index in [1.165, 1.54) is 0 Å². The summed E-state index contributed by atoms with van der Waals surface area (Å²) in [7, 11) is 1.55. The van der Waals surface area contributed by atoms with Crippen LogP contribution >= 0.6 is 0 Å². The number of nitrogens with one attached hydrogen (secondary N) is 2. The summed E-state index contributed by atoms with van der Waals surface area (Å²) >= 11 is 0. The van der Waals surface area contributed by atoms with Crippen LogP contribution in [0.2, 0.25) is 0 Å². The number of carbonyl (C=O) groups excluding carboxylic acids is 2. The number of ether oxygens (including phenoxy) is 2. The van der Waals surface area contributed by atoms with Crippen molar-refractivity contribution in [3.63, 3.8) is 0 Å². The molecule has 0 atom stereocenters. The second-order valence-corrected chi connectivity index (χ2v) is 5.01. The number of hydrogen-bond acceptors (Lipinski definition) is 4. The Balaban J connectivity index is 1.93. The highest BCUT2D eigenvalue weighted by Crippen LogP contribution is 2.13. The summed E-state index contributed by atoms with van der Waals surface area (Å²) in [6.07, 6.45) is 0.883. The van der Waals surface area contributed by atoms with E-state index < -0.39 is 11.8 Å². The van der Waals surface area contributed by atoms with Gasteiger partial charge in [-0.3, -0.25) is 20.4 Å². The van der Waals surface area contributed by atoms with Gasteiger partial charge in [0.2, 0.25) is 0 Å². The maximum absolute atomic E-state index is 12.1. The van der Waals surface area contributed by atoms with E-state index in [1.54, 1.807) is 55.6 Å². The largest absolute Gasteiger partial charge is 0.497 e. The molecule has 0 radical (unpaired) electrons. The third-order valence-corrected chi connectivity index (χ3v) is 3.21. The highest BCUT2D eigenvalue weighted by atomic mass is 16.5. The van der Waals surface area contributed by atoms with Crippen LogP contribution in [0.3, 0.4) is 0 Å². The molecule has 0 heterocycles. The van der Waals surface area contributed by atoms with Gasteiger partial charge in [-0.2, -0.15) is 0 Å². The first-order valence-electron chi connectivity index (χ1n) is 7.61. The molecule has 0 unspecified atom stereocenters. The van der Waals surface area contributed by atoms with Crippen LogP contribution in [0.25, 0.3) is 0 Å². The summed E-state index contributed by atoms with van der Waals surface area (Å²) in [5.41, 5.74) is 5.58. The van der Waals surface area contributed by atoms with Gasteiger partial charge in [-0.15, -0.1) is 0 Å². The van der Waals surface area contributed by atoms with Crippen LogP contribution in [0.5, 0.6) is 11.5 Å². The zero-order valence-electron chi connectivity index (χ0n) is 13.7. The Morgan fingerprint density at radius 1 is 0.917 bits per heavy atom. The monoisotopic (exact) mass is 328 g/mol. The maximum Gasteiger partial charge on any atom is 0.269 e. The highest BCUT2D eigenvalue weighted by molar-refractivity contribution is 5.99. The third kappa shape index (κ3) is 4.74. The van der Waals surface area contributed by atoms with Gasteiger partial charge >= 0.3 is 0 Å². The number of methoxy groups -OCH3 is 1. The first-order chi connectivity index (χ1) is 11.6. The van der Waals surface area contributed by atoms with Crippen molar-refractivity contribution in [1.29, 1.82) is 0 Å². The Labute approximate surface area is 140 Å². The van der Waals surface area contributed by atoms with Crippen LogP contribution in [0.4, 0.5) is 0 Å². The molecule has 0 aliphatic heterocycles. The molecule has 0 aromatic heterocycles. The molecule has 24 heavy (non-hydrogen) atoms. The Hall–Kier alpha value is -3.02. The average Bonchev–Trinajstić information content (AvgIpc) is 2.64. The van der Waals surface area contributed by atoms with Crippen LogP contribution in [0.1, 0.15) is 34.1 Å². The van der Waals surface area contributed by atoms with Crippen LogP contribution in [0.15, 0.2) is 48.5 Å². The fourth-order valence-corrected chi connectivity index (χ4v) is 1.95. The summed E-state index contributed by atoms with van der Waals surface area (Å²) < 4.78 is 10.5. The Kier molecular flexibility index (Phi) is 6.19. The van der Waals surface area contributed by atoms with E-state index in [4.69, 9.17) is 9.47 Å². The Bertz CT molecular complexity index is 698. The summed E-state index contributed by atoms with van der Waals surface area (Å²) in [5, 5.41) is 0. The predicted molar refractivity (Wildman–Crippen MR) is 90.2 cm³/mol. The molecule has 2 aromatic rings. The molecular weight excluding hydrogens is 308 g/mol. The molecule has 0 saturated heterocycles. The van der Waals surface area contributed by atoms with Crippen LogP contribution in [-0.4, -0.2) is 25.5 Å². The molecule has 2 aromatic carbocycles. The van der Waals surface area contributed by atoms with Crippen LogP contribution in [-0.2, 0) is 0 Å². The van der Waals surface area contributed by atoms with Gasteiger partial charge in [0.1, 0.15) is 11.5 Å². The lowest BCUT2D eigenvalue weighted by molar-refractivity contribution is 0.0846. The summed E-state index contributed by atoms with van der Waals surface area (Å²) in [6, 6.07) is 13.3. The fraction of sp³-hybridized carbons (Fsp3) is 0.222. The van der Waals surface area contributed by atoms with E-state index in [2.05, 4.69) is 10.9 Å². The third-order valence-electron chi connectivity index (χ3n) is 3.21. The summed E-state index contributed by atoms with van der Waals surface area (Å²) in [5.74, 6) is 0.439. The fourth-order valence-electron chi connectivity index (χ4n) is 1.95. The molecule has 0 bridgehead atoms. The minimum absolute atomic E-state index is 0.402. The molecule has 2 rings (SSSR count). The number of hydrogen-bond donors (Lipinski definition) is 2. The molecule has 2 N–H and O–H groups in total. The minimum Gasteiger partial charge on any atom is -0.497 e. The lowest BCUT2D eigenvalue weighted by Gasteiger charge is -2.09. The van der Waals surface area contributed by atoms with Crippen molar-refractivity contribution in [3.05, 3.63) is 59.7 Å². The predicted octanol–water partition coefficient (Wildman–Crippen LogP) is 2.56. The van der Waals surface area contributed by atoms with E-state index in [9.17, 15) is 9.59 Å². The van der Waals surface area contributed by atoms with E-state index in [-0.39, 0.29) is 0 Å². The molecule has 0 saturated carbocycles. The quantitative estimate of drug-likeness (QED) is 0.799. The second kappa shape index (κ2) is 8.57. The molecule has 0 aliphatic rings. The lowest BCUT2D eigenvalue weighted by atomic mass is 10.2. The van der Waals surface area contributed by atoms with Gasteiger partial charge in [-0.05, 0) is 48.9 Å². The van der Waals surface area contributed by atoms with Gasteiger partial charge in [-0.1, -0.05) is 13.0 Å². The normalized spacial score (nSPS) is 9.92. The molecule has 0 aliphatic carbocycles. The Morgan fingerprint density at radius 3 is 2.21 bits per heavy atom. The smallest absolute Gasteiger partial charge is 0.269 e. The molecule has 0 fully saturated rings. The van der Waals surface area contributed by atoms with Crippen molar-refractivity contribution in [2.24, 2.45) is 0 Å². The Morgan fingerprint density at radius 2 is 1.58 bits per heavy atom. The number of rotatable bonds is 6. The minimum atomic E-state index is -0.418. The van der Waals surface area contributed by atoms with E-state index in [1.807, 2.05) is 6.92 Å². The molecule has 6 heteroatoms. The van der Waals surface area contributed by atoms with Gasteiger partial charge in [0, 0.05) is 11.1 Å². The molecule has 0 spiro atoms. The van der Waals surface area contributed by atoms with Crippen molar-refractivity contribution < 1.29 is 19.1 Å². The molecule has 6 nitrogen and oxygen atoms in total. The van der Waals surface area contributed by atoms with Crippen LogP contribution in [0, 0.1) is 0 Å². The van der Waals surface area contributed by atoms with Crippen molar-refractivity contribution >= 4 is 11.8 Å². The van der Waals surface area contributed by atoms with Gasteiger partial charge < -0.3 is 9.47 Å². The van der Waals surface area contributed by atoms with Gasteiger partial charge in [0.25, 0.3) is 11.8 Å². The summed E-state index contributed by atoms with van der Waals surface area (Å²) in [6.45, 7) is 2.59. The first-order valence-corrected chi connectivity index (χ1v) is 7.61. The number of carbonyl (C=O) groups is 2. The van der Waals surface area contributed by atoms with Gasteiger partial charge in [-0.25, -0.2) is 0 Å². The topological polar surface area (TPSA) is 76.7 Å². The van der Waals surface area contributed by atoms with E-state index in [0.29, 0.717) is 29.2 Å². The van der Waals surface area contributed by atoms with Crippen molar-refractivity contribution in [1.82, 2.24) is 10.9 Å². The van der Waals surface area contributed by atoms with Crippen molar-refractivity contribution in [2.75, 3.05) is 13.7 Å². The first kappa shape index (κ1) is 17.3. The van der Waals surface area contributed by atoms with Crippen LogP contribution < -0.4 is 20.3 Å². The number of amides is 2. The highest BCUT2D eigenvalue weighted by Gasteiger charge is 2.10. The zero-order valence-corrected chi connectivity index (χ0v) is 13.7. The SMILES string of the molecule is CCCOc1cccc(C(=O)NNC(=O)c2ccc(OC)cc2)c1. The second-order valence-electron chi connectivity index (χ2n) is 5.01. The molecule has 2 amide bonds. The van der Waals surface area contributed by atoms with Crippen molar-refractivity contribution in [3.8, 4) is 11.5 Å². The molecule has 126 valence electrons. The van der Waals surface area contributed by atoms with E-state index in [0.717, 1.165) is 6.42 Å². The number of hydrazine groups is 1. The number of benzene rings is 2. The lowest BCUT2D eigenvalue weighted by Crippen LogP contribution is -2.41. The standard InChI is InChI=1S/C18H20N2O4/c1-3-11-24-16-6-4-5-14(12-16)18(22)20-19-17(21)13-7-9-15(23-2)10-8-13/h4-10,12H,3,11H2,1-2H3,(H,19,21)(H,20,22). The van der Waals surface area contributed by atoms with Crippen molar-refractivity contribution in [2.45, 2.75) is 13.3 Å². The van der Waals surface area contributed by atoms with E-state index >= 15 is 0 Å². The summed E-state index contributed by atoms with van der Waals surface area (Å²) in [4.78, 5) is 24.1.